The third kappa shape index (κ3) is 3.46. The minimum absolute atomic E-state index is 0.0635. The van der Waals surface area contributed by atoms with Crippen LogP contribution >= 0.6 is 11.6 Å². The summed E-state index contributed by atoms with van der Waals surface area (Å²) in [4.78, 5) is 0. The second-order valence-electron chi connectivity index (χ2n) is 4.36. The molecule has 0 aliphatic heterocycles. The van der Waals surface area contributed by atoms with E-state index in [1.807, 2.05) is 31.2 Å². The number of nitrogens with two attached hydrogens (primary N) is 1. The first-order valence-corrected chi connectivity index (χ1v) is 6.37. The first-order chi connectivity index (χ1) is 9.08. The van der Waals surface area contributed by atoms with Gasteiger partial charge in [-0.1, -0.05) is 35.9 Å². The van der Waals surface area contributed by atoms with Crippen LogP contribution in [0.2, 0.25) is 5.02 Å². The van der Waals surface area contributed by atoms with Gasteiger partial charge in [0.25, 0.3) is 0 Å². The Balaban J connectivity index is 2.10. The summed E-state index contributed by atoms with van der Waals surface area (Å²) in [5.74, 6) is 0.224. The second-order valence-corrected chi connectivity index (χ2v) is 4.77. The largest absolute Gasteiger partial charge is 0.489 e. The van der Waals surface area contributed by atoms with E-state index in [2.05, 4.69) is 0 Å². The summed E-state index contributed by atoms with van der Waals surface area (Å²) in [6, 6.07) is 12.3. The smallest absolute Gasteiger partial charge is 0.148 e. The van der Waals surface area contributed by atoms with Gasteiger partial charge in [-0.3, -0.25) is 0 Å². The normalized spacial score (nSPS) is 12.2. The van der Waals surface area contributed by atoms with Crippen molar-refractivity contribution in [2.75, 3.05) is 0 Å². The number of benzene rings is 2. The fraction of sp³-hybridized carbons (Fsp3) is 0.200. The molecule has 2 nitrogen and oxygen atoms in total. The lowest BCUT2D eigenvalue weighted by molar-refractivity contribution is 0.299. The van der Waals surface area contributed by atoms with Crippen LogP contribution in [0.1, 0.15) is 24.1 Å². The van der Waals surface area contributed by atoms with Crippen LogP contribution in [0.5, 0.6) is 5.75 Å². The van der Waals surface area contributed by atoms with Crippen LogP contribution in [0.25, 0.3) is 0 Å². The molecule has 2 rings (SSSR count). The molecule has 2 aromatic carbocycles. The van der Waals surface area contributed by atoms with Crippen LogP contribution in [0.4, 0.5) is 4.39 Å². The number of hydrogen-bond donors (Lipinski definition) is 1. The van der Waals surface area contributed by atoms with E-state index in [9.17, 15) is 4.39 Å². The minimum atomic E-state index is -0.437. The average Bonchev–Trinajstić information content (AvgIpc) is 2.41. The van der Waals surface area contributed by atoms with Crippen LogP contribution in [0.15, 0.2) is 42.5 Å². The fourth-order valence-electron chi connectivity index (χ4n) is 1.71. The Labute approximate surface area is 117 Å². The molecule has 0 radical (unpaired) electrons. The minimum Gasteiger partial charge on any atom is -0.489 e. The highest BCUT2D eigenvalue weighted by atomic mass is 35.5. The van der Waals surface area contributed by atoms with Crippen LogP contribution in [0, 0.1) is 5.82 Å². The molecule has 19 heavy (non-hydrogen) atoms. The topological polar surface area (TPSA) is 35.2 Å². The summed E-state index contributed by atoms with van der Waals surface area (Å²) in [7, 11) is 0. The van der Waals surface area contributed by atoms with Gasteiger partial charge in [-0.05, 0) is 30.7 Å². The molecule has 100 valence electrons. The number of halogens is 2. The van der Waals surface area contributed by atoms with Crippen molar-refractivity contribution in [3.63, 3.8) is 0 Å². The van der Waals surface area contributed by atoms with E-state index in [1.54, 1.807) is 12.1 Å². The monoisotopic (exact) mass is 279 g/mol. The third-order valence-electron chi connectivity index (χ3n) is 2.81. The molecule has 2 aromatic rings. The molecule has 4 heteroatoms. The molecule has 0 aliphatic carbocycles. The Bertz CT molecular complexity index is 572. The SMILES string of the molecule is C[C@H](N)c1cccc(OCc2cccc(Cl)c2F)c1. The van der Waals surface area contributed by atoms with Crippen LogP contribution in [-0.4, -0.2) is 0 Å². The van der Waals surface area contributed by atoms with Gasteiger partial charge >= 0.3 is 0 Å². The molecular weight excluding hydrogens is 265 g/mol. The van der Waals surface area contributed by atoms with Crippen molar-refractivity contribution >= 4 is 11.6 Å². The van der Waals surface area contributed by atoms with Crippen LogP contribution in [-0.2, 0) is 6.61 Å². The lowest BCUT2D eigenvalue weighted by Crippen LogP contribution is -2.05. The van der Waals surface area contributed by atoms with Gasteiger partial charge in [0.15, 0.2) is 0 Å². The molecule has 0 heterocycles. The molecule has 2 N–H and O–H groups in total. The Morgan fingerprint density at radius 3 is 2.74 bits per heavy atom. The van der Waals surface area contributed by atoms with Gasteiger partial charge < -0.3 is 10.5 Å². The van der Waals surface area contributed by atoms with Gasteiger partial charge in [-0.2, -0.15) is 0 Å². The zero-order valence-corrected chi connectivity index (χ0v) is 11.3. The van der Waals surface area contributed by atoms with Crippen molar-refractivity contribution in [3.05, 3.63) is 64.4 Å². The lowest BCUT2D eigenvalue weighted by Gasteiger charge is -2.10. The Morgan fingerprint density at radius 2 is 2.00 bits per heavy atom. The van der Waals surface area contributed by atoms with Crippen molar-refractivity contribution in [2.45, 2.75) is 19.6 Å². The predicted molar refractivity (Wildman–Crippen MR) is 74.8 cm³/mol. The summed E-state index contributed by atoms with van der Waals surface area (Å²) in [5.41, 5.74) is 7.21. The molecule has 0 spiro atoms. The zero-order chi connectivity index (χ0) is 13.8. The zero-order valence-electron chi connectivity index (χ0n) is 10.6. The molecular formula is C15H15ClFNO. The number of ether oxygens (including phenoxy) is 1. The number of hydrogen-bond acceptors (Lipinski definition) is 2. The van der Waals surface area contributed by atoms with E-state index in [0.717, 1.165) is 5.56 Å². The van der Waals surface area contributed by atoms with Crippen molar-refractivity contribution < 1.29 is 9.13 Å². The Hall–Kier alpha value is -1.58. The standard InChI is InChI=1S/C15H15ClFNO/c1-10(18)11-4-2-6-13(8-11)19-9-12-5-3-7-14(16)15(12)17/h2-8,10H,9,18H2,1H3/t10-/m0/s1. The van der Waals surface area contributed by atoms with E-state index in [-0.39, 0.29) is 17.7 Å². The molecule has 0 aromatic heterocycles. The maximum atomic E-state index is 13.7. The highest BCUT2D eigenvalue weighted by Crippen LogP contribution is 2.21. The van der Waals surface area contributed by atoms with Crippen molar-refractivity contribution in [2.24, 2.45) is 5.73 Å². The summed E-state index contributed by atoms with van der Waals surface area (Å²) in [6.45, 7) is 2.03. The lowest BCUT2D eigenvalue weighted by atomic mass is 10.1. The predicted octanol–water partition coefficient (Wildman–Crippen LogP) is 4.08. The summed E-state index contributed by atoms with van der Waals surface area (Å²) in [5, 5.41) is 0.102. The van der Waals surface area contributed by atoms with Gasteiger partial charge in [0.05, 0.1) is 5.02 Å². The first kappa shape index (κ1) is 13.8. The molecule has 0 aliphatic rings. The third-order valence-corrected chi connectivity index (χ3v) is 3.10. The molecule has 0 fully saturated rings. The van der Waals surface area contributed by atoms with Crippen LogP contribution < -0.4 is 10.5 Å². The molecule has 0 unspecified atom stereocenters. The molecule has 0 saturated heterocycles. The number of rotatable bonds is 4. The van der Waals surface area contributed by atoms with Crippen molar-refractivity contribution in [3.8, 4) is 5.75 Å². The average molecular weight is 280 g/mol. The molecule has 0 bridgehead atoms. The van der Waals surface area contributed by atoms with E-state index in [0.29, 0.717) is 11.3 Å². The van der Waals surface area contributed by atoms with E-state index in [1.165, 1.54) is 6.07 Å². The molecule has 0 amide bonds. The summed E-state index contributed by atoms with van der Waals surface area (Å²) >= 11 is 5.72. The van der Waals surface area contributed by atoms with Gasteiger partial charge in [0.2, 0.25) is 0 Å². The Morgan fingerprint density at radius 1 is 1.26 bits per heavy atom. The maximum absolute atomic E-state index is 13.7. The molecule has 1 atom stereocenters. The van der Waals surface area contributed by atoms with E-state index < -0.39 is 5.82 Å². The van der Waals surface area contributed by atoms with Crippen molar-refractivity contribution in [1.82, 2.24) is 0 Å². The van der Waals surface area contributed by atoms with Gasteiger partial charge in [-0.15, -0.1) is 0 Å². The molecule has 0 saturated carbocycles. The van der Waals surface area contributed by atoms with Crippen molar-refractivity contribution in [1.29, 1.82) is 0 Å². The van der Waals surface area contributed by atoms with Gasteiger partial charge in [0, 0.05) is 11.6 Å². The Kier molecular flexibility index (Phi) is 4.40. The quantitative estimate of drug-likeness (QED) is 0.915. The fourth-order valence-corrected chi connectivity index (χ4v) is 1.90. The van der Waals surface area contributed by atoms with E-state index >= 15 is 0 Å². The van der Waals surface area contributed by atoms with Gasteiger partial charge in [0.1, 0.15) is 18.2 Å². The highest BCUT2D eigenvalue weighted by Gasteiger charge is 2.07. The second kappa shape index (κ2) is 6.04. The van der Waals surface area contributed by atoms with E-state index in [4.69, 9.17) is 22.1 Å². The van der Waals surface area contributed by atoms with Crippen LogP contribution in [0.3, 0.4) is 0 Å². The highest BCUT2D eigenvalue weighted by molar-refractivity contribution is 6.30. The first-order valence-electron chi connectivity index (χ1n) is 5.99. The van der Waals surface area contributed by atoms with Gasteiger partial charge in [-0.25, -0.2) is 4.39 Å². The summed E-state index contributed by atoms with van der Waals surface area (Å²) < 4.78 is 19.2. The summed E-state index contributed by atoms with van der Waals surface area (Å²) in [6.07, 6.45) is 0. The maximum Gasteiger partial charge on any atom is 0.148 e.